The lowest BCUT2D eigenvalue weighted by Crippen LogP contribution is -2.44. The zero-order valence-corrected chi connectivity index (χ0v) is 13.5. The largest absolute Gasteiger partial charge is 0.494 e. The minimum Gasteiger partial charge on any atom is -0.494 e. The van der Waals surface area contributed by atoms with Crippen LogP contribution in [-0.4, -0.2) is 54.3 Å². The average molecular weight is 321 g/mol. The van der Waals surface area contributed by atoms with E-state index in [0.29, 0.717) is 24.5 Å². The molecule has 0 spiro atoms. The predicted molar refractivity (Wildman–Crippen MR) is 84.7 cm³/mol. The molecule has 0 bridgehead atoms. The number of carbonyl (C=O) groups is 2. The van der Waals surface area contributed by atoms with Crippen LogP contribution in [-0.2, 0) is 9.53 Å². The Balaban J connectivity index is 1.99. The number of benzene rings is 1. The van der Waals surface area contributed by atoms with Crippen molar-refractivity contribution in [3.63, 3.8) is 0 Å². The molecule has 1 aliphatic carbocycles. The highest BCUT2D eigenvalue weighted by molar-refractivity contribution is 5.97. The second-order valence-corrected chi connectivity index (χ2v) is 5.68. The smallest absolute Gasteiger partial charge is 0.326 e. The van der Waals surface area contributed by atoms with E-state index in [1.807, 2.05) is 0 Å². The topological polar surface area (TPSA) is 76.1 Å². The van der Waals surface area contributed by atoms with E-state index in [1.54, 1.807) is 38.3 Å². The molecule has 6 nitrogen and oxygen atoms in total. The lowest BCUT2D eigenvalue weighted by molar-refractivity contribution is -0.141. The first-order chi connectivity index (χ1) is 11.0. The molecule has 1 unspecified atom stereocenters. The molecule has 6 heteroatoms. The number of hydrogen-bond donors (Lipinski definition) is 1. The van der Waals surface area contributed by atoms with Crippen LogP contribution in [0.5, 0.6) is 5.75 Å². The summed E-state index contributed by atoms with van der Waals surface area (Å²) in [5, 5.41) is 9.19. The van der Waals surface area contributed by atoms with Crippen LogP contribution in [0.3, 0.4) is 0 Å². The summed E-state index contributed by atoms with van der Waals surface area (Å²) in [5.74, 6) is -0.543. The van der Waals surface area contributed by atoms with E-state index >= 15 is 0 Å². The van der Waals surface area contributed by atoms with Gasteiger partial charge in [0, 0.05) is 31.7 Å². The van der Waals surface area contributed by atoms with Crippen LogP contribution in [0.4, 0.5) is 0 Å². The van der Waals surface area contributed by atoms with E-state index in [1.165, 1.54) is 4.90 Å². The van der Waals surface area contributed by atoms with Gasteiger partial charge in [-0.15, -0.1) is 0 Å². The van der Waals surface area contributed by atoms with Crippen molar-refractivity contribution in [1.29, 1.82) is 0 Å². The van der Waals surface area contributed by atoms with E-state index in [0.717, 1.165) is 19.3 Å². The fraction of sp³-hybridized carbons (Fsp3) is 0.529. The summed E-state index contributed by atoms with van der Waals surface area (Å²) in [7, 11) is 1.64. The second-order valence-electron chi connectivity index (χ2n) is 5.68. The molecule has 2 rings (SSSR count). The molecule has 1 saturated carbocycles. The van der Waals surface area contributed by atoms with Crippen LogP contribution in [0.1, 0.15) is 36.5 Å². The molecule has 1 aliphatic rings. The average Bonchev–Trinajstić information content (AvgIpc) is 3.37. The summed E-state index contributed by atoms with van der Waals surface area (Å²) < 4.78 is 10.5. The lowest BCUT2D eigenvalue weighted by Gasteiger charge is -2.26. The Kier molecular flexibility index (Phi) is 5.98. The highest BCUT2D eigenvalue weighted by Crippen LogP contribution is 2.30. The number of aliphatic carboxylic acids is 1. The van der Waals surface area contributed by atoms with Crippen molar-refractivity contribution in [3.8, 4) is 5.75 Å². The molecule has 1 fully saturated rings. The van der Waals surface area contributed by atoms with Crippen molar-refractivity contribution in [3.05, 3.63) is 29.8 Å². The van der Waals surface area contributed by atoms with Crippen molar-refractivity contribution < 1.29 is 24.2 Å². The monoisotopic (exact) mass is 321 g/mol. The van der Waals surface area contributed by atoms with Crippen molar-refractivity contribution in [2.75, 3.05) is 20.3 Å². The Morgan fingerprint density at radius 2 is 1.91 bits per heavy atom. The third-order valence-electron chi connectivity index (χ3n) is 3.81. The molecular weight excluding hydrogens is 298 g/mol. The summed E-state index contributed by atoms with van der Waals surface area (Å²) >= 11 is 0. The van der Waals surface area contributed by atoms with Crippen LogP contribution in [0.25, 0.3) is 0 Å². The van der Waals surface area contributed by atoms with E-state index in [-0.39, 0.29) is 11.9 Å². The number of rotatable bonds is 9. The molecule has 126 valence electrons. The van der Waals surface area contributed by atoms with Crippen LogP contribution < -0.4 is 4.74 Å². The van der Waals surface area contributed by atoms with Gasteiger partial charge in [0.05, 0.1) is 6.61 Å². The zero-order chi connectivity index (χ0) is 16.8. The van der Waals surface area contributed by atoms with Gasteiger partial charge in [0.25, 0.3) is 5.91 Å². The zero-order valence-electron chi connectivity index (χ0n) is 13.5. The van der Waals surface area contributed by atoms with Gasteiger partial charge in [0.2, 0.25) is 0 Å². The number of nitrogens with zero attached hydrogens (tertiary/aromatic N) is 1. The van der Waals surface area contributed by atoms with E-state index in [9.17, 15) is 14.7 Å². The fourth-order valence-electron chi connectivity index (χ4n) is 2.37. The third-order valence-corrected chi connectivity index (χ3v) is 3.81. The Morgan fingerprint density at radius 1 is 1.26 bits per heavy atom. The third kappa shape index (κ3) is 4.69. The summed E-state index contributed by atoms with van der Waals surface area (Å²) in [5.41, 5.74) is 0.481. The van der Waals surface area contributed by atoms with Gasteiger partial charge in [0.15, 0.2) is 0 Å². The molecule has 1 N–H and O–H groups in total. The molecule has 0 radical (unpaired) electrons. The predicted octanol–water partition coefficient (Wildman–Crippen LogP) is 2.18. The number of ether oxygens (including phenoxy) is 2. The standard InChI is InChI=1S/C17H23NO5/c1-12(17(20)21)18(14-6-7-14)16(19)13-4-8-15(9-5-13)23-11-3-10-22-2/h4-5,8-9,12,14H,3,6-7,10-11H2,1-2H3,(H,20,21). The Labute approximate surface area is 136 Å². The first-order valence-electron chi connectivity index (χ1n) is 7.82. The molecule has 0 aromatic heterocycles. The SMILES string of the molecule is COCCCOc1ccc(C(=O)N(C2CC2)C(C)C(=O)O)cc1. The molecule has 1 amide bonds. The highest BCUT2D eigenvalue weighted by atomic mass is 16.5. The second kappa shape index (κ2) is 7.97. The normalized spacial score (nSPS) is 15.0. The molecule has 1 aromatic rings. The van der Waals surface area contributed by atoms with Crippen LogP contribution in [0.15, 0.2) is 24.3 Å². The Morgan fingerprint density at radius 3 is 2.43 bits per heavy atom. The maximum Gasteiger partial charge on any atom is 0.326 e. The fourth-order valence-corrected chi connectivity index (χ4v) is 2.37. The number of carboxylic acids is 1. The molecule has 0 aliphatic heterocycles. The van der Waals surface area contributed by atoms with Gasteiger partial charge in [-0.1, -0.05) is 0 Å². The number of carbonyl (C=O) groups excluding carboxylic acids is 1. The van der Waals surface area contributed by atoms with Gasteiger partial charge in [0.1, 0.15) is 11.8 Å². The van der Waals surface area contributed by atoms with Crippen LogP contribution >= 0.6 is 0 Å². The maximum absolute atomic E-state index is 12.6. The van der Waals surface area contributed by atoms with E-state index in [4.69, 9.17) is 9.47 Å². The lowest BCUT2D eigenvalue weighted by atomic mass is 10.1. The van der Waals surface area contributed by atoms with Gasteiger partial charge in [-0.3, -0.25) is 4.79 Å². The van der Waals surface area contributed by atoms with Crippen LogP contribution in [0.2, 0.25) is 0 Å². The minimum absolute atomic E-state index is 0.0403. The van der Waals surface area contributed by atoms with Gasteiger partial charge >= 0.3 is 5.97 Å². The Bertz CT molecular complexity index is 538. The van der Waals surface area contributed by atoms with Crippen molar-refractivity contribution in [1.82, 2.24) is 4.90 Å². The van der Waals surface area contributed by atoms with E-state index < -0.39 is 12.0 Å². The molecule has 1 aromatic carbocycles. The van der Waals surface area contributed by atoms with Gasteiger partial charge < -0.3 is 19.5 Å². The van der Waals surface area contributed by atoms with Crippen molar-refractivity contribution in [2.24, 2.45) is 0 Å². The van der Waals surface area contributed by atoms with Crippen molar-refractivity contribution >= 4 is 11.9 Å². The number of carboxylic acid groups (broad SMARTS) is 1. The van der Waals surface area contributed by atoms with Gasteiger partial charge in [-0.25, -0.2) is 4.79 Å². The highest BCUT2D eigenvalue weighted by Gasteiger charge is 2.38. The molecular formula is C17H23NO5. The quantitative estimate of drug-likeness (QED) is 0.706. The Hall–Kier alpha value is -2.08. The van der Waals surface area contributed by atoms with E-state index in [2.05, 4.69) is 0 Å². The first kappa shape index (κ1) is 17.3. The molecule has 23 heavy (non-hydrogen) atoms. The summed E-state index contributed by atoms with van der Waals surface area (Å²) in [6.45, 7) is 2.73. The van der Waals surface area contributed by atoms with Gasteiger partial charge in [-0.05, 0) is 44.0 Å². The van der Waals surface area contributed by atoms with Crippen LogP contribution in [0, 0.1) is 0 Å². The van der Waals surface area contributed by atoms with Crippen molar-refractivity contribution in [2.45, 2.75) is 38.3 Å². The summed E-state index contributed by atoms with van der Waals surface area (Å²) in [4.78, 5) is 25.3. The summed E-state index contributed by atoms with van der Waals surface area (Å²) in [6.07, 6.45) is 2.52. The maximum atomic E-state index is 12.6. The first-order valence-corrected chi connectivity index (χ1v) is 7.82. The minimum atomic E-state index is -0.983. The number of hydrogen-bond acceptors (Lipinski definition) is 4. The number of methoxy groups -OCH3 is 1. The molecule has 1 atom stereocenters. The number of amides is 1. The molecule has 0 heterocycles. The summed E-state index contributed by atoms with van der Waals surface area (Å²) in [6, 6.07) is 6.04. The van der Waals surface area contributed by atoms with Gasteiger partial charge in [-0.2, -0.15) is 0 Å². The molecule has 0 saturated heterocycles.